The second kappa shape index (κ2) is 7.52. The van der Waals surface area contributed by atoms with Gasteiger partial charge in [0.05, 0.1) is 13.7 Å². The smallest absolute Gasteiger partial charge is 0.289 e. The first-order valence-corrected chi connectivity index (χ1v) is 9.01. The van der Waals surface area contributed by atoms with Crippen LogP contribution in [-0.4, -0.2) is 48.3 Å². The Morgan fingerprint density at radius 3 is 2.79 bits per heavy atom. The topological polar surface area (TPSA) is 72.1 Å². The minimum atomic E-state index is -0.892. The molecule has 0 spiro atoms. The van der Waals surface area contributed by atoms with Crippen molar-refractivity contribution in [3.63, 3.8) is 0 Å². The van der Waals surface area contributed by atoms with E-state index in [1.165, 1.54) is 25.3 Å². The summed E-state index contributed by atoms with van der Waals surface area (Å²) in [7, 11) is 1.42. The van der Waals surface area contributed by atoms with Crippen LogP contribution < -0.4 is 9.47 Å². The summed E-state index contributed by atoms with van der Waals surface area (Å²) >= 11 is 0. The number of fused-ring (bicyclic) bond motifs is 1. The number of ether oxygens (including phenoxy) is 2. The summed E-state index contributed by atoms with van der Waals surface area (Å²) in [5.41, 5.74) is 0.646. The van der Waals surface area contributed by atoms with Crippen LogP contribution in [0, 0.1) is 5.82 Å². The number of piperidine rings is 1. The van der Waals surface area contributed by atoms with Crippen molar-refractivity contribution in [3.05, 3.63) is 60.1 Å². The normalized spacial score (nSPS) is 19.6. The van der Waals surface area contributed by atoms with Gasteiger partial charge in [-0.05, 0) is 24.3 Å². The summed E-state index contributed by atoms with van der Waals surface area (Å²) in [5, 5.41) is 11.3. The van der Waals surface area contributed by atoms with Crippen LogP contribution in [0.1, 0.15) is 17.0 Å². The zero-order valence-electron chi connectivity index (χ0n) is 15.3. The molecule has 0 aliphatic carbocycles. The van der Waals surface area contributed by atoms with E-state index in [4.69, 9.17) is 13.9 Å². The zero-order valence-corrected chi connectivity index (χ0v) is 15.3. The first kappa shape index (κ1) is 18.3. The molecule has 1 aromatic heterocycles. The van der Waals surface area contributed by atoms with Crippen molar-refractivity contribution < 1.29 is 28.2 Å². The number of β-amino-alcohol motifs (C(OH)–C–C–N with tert-alkyl or cyclic N) is 1. The van der Waals surface area contributed by atoms with Gasteiger partial charge in [-0.1, -0.05) is 18.2 Å². The van der Waals surface area contributed by atoms with Crippen LogP contribution >= 0.6 is 0 Å². The van der Waals surface area contributed by atoms with Crippen LogP contribution in [0.15, 0.2) is 52.9 Å². The van der Waals surface area contributed by atoms with Gasteiger partial charge < -0.3 is 23.9 Å². The maximum absolute atomic E-state index is 13.3. The molecule has 4 rings (SSSR count). The van der Waals surface area contributed by atoms with Crippen molar-refractivity contribution in [3.8, 4) is 11.5 Å². The zero-order chi connectivity index (χ0) is 19.7. The number of carbonyl (C=O) groups is 1. The molecule has 1 amide bonds. The number of carbonyl (C=O) groups excluding carboxylic acids is 1. The molecule has 7 heteroatoms. The predicted molar refractivity (Wildman–Crippen MR) is 100 cm³/mol. The molecule has 0 bridgehead atoms. The lowest BCUT2D eigenvalue weighted by atomic mass is 10.0. The number of likely N-dealkylation sites (tertiary alicyclic amines) is 1. The van der Waals surface area contributed by atoms with Crippen molar-refractivity contribution in [2.75, 3.05) is 20.2 Å². The maximum Gasteiger partial charge on any atom is 0.289 e. The Balaban J connectivity index is 1.44. The highest BCUT2D eigenvalue weighted by Crippen LogP contribution is 2.30. The Hall–Kier alpha value is -3.06. The molecule has 1 aliphatic rings. The number of para-hydroxylation sites is 1. The number of methoxy groups -OCH3 is 1. The molecular weight excluding hydrogens is 365 g/mol. The highest BCUT2D eigenvalue weighted by molar-refractivity contribution is 5.96. The van der Waals surface area contributed by atoms with Crippen molar-refractivity contribution in [2.24, 2.45) is 0 Å². The molecule has 28 heavy (non-hydrogen) atoms. The predicted octanol–water partition coefficient (Wildman–Crippen LogP) is 3.23. The number of furan rings is 1. The van der Waals surface area contributed by atoms with Crippen LogP contribution in [0.2, 0.25) is 0 Å². The van der Waals surface area contributed by atoms with E-state index >= 15 is 0 Å². The summed E-state index contributed by atoms with van der Waals surface area (Å²) in [6, 6.07) is 13.1. The van der Waals surface area contributed by atoms with Gasteiger partial charge in [-0.2, -0.15) is 0 Å². The number of benzene rings is 2. The number of aliphatic hydroxyl groups excluding tert-OH is 1. The second-order valence-electron chi connectivity index (χ2n) is 6.71. The van der Waals surface area contributed by atoms with Gasteiger partial charge >= 0.3 is 0 Å². The van der Waals surface area contributed by atoms with E-state index < -0.39 is 18.0 Å². The van der Waals surface area contributed by atoms with Crippen molar-refractivity contribution in [1.82, 2.24) is 4.90 Å². The fraction of sp³-hybridized carbons (Fsp3) is 0.286. The summed E-state index contributed by atoms with van der Waals surface area (Å²) in [4.78, 5) is 14.3. The van der Waals surface area contributed by atoms with E-state index in [9.17, 15) is 14.3 Å². The third-order valence-corrected chi connectivity index (χ3v) is 4.85. The maximum atomic E-state index is 13.3. The van der Waals surface area contributed by atoms with Crippen LogP contribution in [0.5, 0.6) is 11.5 Å². The molecule has 1 aliphatic heterocycles. The molecule has 2 heterocycles. The number of hydrogen-bond donors (Lipinski definition) is 1. The number of halogens is 1. The molecule has 6 nitrogen and oxygen atoms in total. The Kier molecular flexibility index (Phi) is 4.92. The Labute approximate surface area is 161 Å². The van der Waals surface area contributed by atoms with Gasteiger partial charge in [0.15, 0.2) is 17.3 Å². The van der Waals surface area contributed by atoms with E-state index in [0.29, 0.717) is 24.3 Å². The lowest BCUT2D eigenvalue weighted by molar-refractivity contribution is -0.0214. The quantitative estimate of drug-likeness (QED) is 0.747. The summed E-state index contributed by atoms with van der Waals surface area (Å²) in [6.45, 7) is 0.519. The Bertz CT molecular complexity index is 968. The fourth-order valence-corrected chi connectivity index (χ4v) is 3.38. The third-order valence-electron chi connectivity index (χ3n) is 4.85. The summed E-state index contributed by atoms with van der Waals surface area (Å²) in [5.74, 6) is 0.148. The lowest BCUT2D eigenvalue weighted by Gasteiger charge is -2.35. The van der Waals surface area contributed by atoms with Gasteiger partial charge in [-0.25, -0.2) is 4.39 Å². The average molecular weight is 385 g/mol. The van der Waals surface area contributed by atoms with Crippen LogP contribution in [0.3, 0.4) is 0 Å². The van der Waals surface area contributed by atoms with Gasteiger partial charge in [0.1, 0.15) is 23.6 Å². The van der Waals surface area contributed by atoms with E-state index in [2.05, 4.69) is 0 Å². The number of hydrogen-bond acceptors (Lipinski definition) is 5. The fourth-order valence-electron chi connectivity index (χ4n) is 3.38. The highest BCUT2D eigenvalue weighted by atomic mass is 19.1. The Morgan fingerprint density at radius 1 is 1.21 bits per heavy atom. The third kappa shape index (κ3) is 3.53. The van der Waals surface area contributed by atoms with Crippen LogP contribution in [0.4, 0.5) is 4.39 Å². The van der Waals surface area contributed by atoms with Gasteiger partial charge in [0, 0.05) is 24.4 Å². The monoisotopic (exact) mass is 385 g/mol. The first-order valence-electron chi connectivity index (χ1n) is 9.01. The van der Waals surface area contributed by atoms with Gasteiger partial charge in [-0.15, -0.1) is 0 Å². The first-order chi connectivity index (χ1) is 13.5. The molecule has 1 N–H and O–H groups in total. The highest BCUT2D eigenvalue weighted by Gasteiger charge is 2.33. The molecule has 1 fully saturated rings. The van der Waals surface area contributed by atoms with E-state index in [-0.39, 0.29) is 24.0 Å². The van der Waals surface area contributed by atoms with E-state index in [1.807, 2.05) is 18.2 Å². The number of rotatable bonds is 4. The number of aliphatic hydroxyl groups is 1. The average Bonchev–Trinajstić information content (AvgIpc) is 3.14. The molecular formula is C21H20FNO5. The molecule has 3 aromatic rings. The minimum absolute atomic E-state index is 0.115. The number of amides is 1. The van der Waals surface area contributed by atoms with Crippen molar-refractivity contribution in [1.29, 1.82) is 0 Å². The lowest BCUT2D eigenvalue weighted by Crippen LogP contribution is -2.51. The van der Waals surface area contributed by atoms with Gasteiger partial charge in [-0.3, -0.25) is 4.79 Å². The van der Waals surface area contributed by atoms with E-state index in [1.54, 1.807) is 17.0 Å². The molecule has 146 valence electrons. The van der Waals surface area contributed by atoms with Gasteiger partial charge in [0.2, 0.25) is 0 Å². The molecule has 0 radical (unpaired) electrons. The van der Waals surface area contributed by atoms with Crippen LogP contribution in [-0.2, 0) is 0 Å². The van der Waals surface area contributed by atoms with Crippen LogP contribution in [0.25, 0.3) is 11.0 Å². The largest absolute Gasteiger partial charge is 0.493 e. The minimum Gasteiger partial charge on any atom is -0.493 e. The van der Waals surface area contributed by atoms with E-state index in [0.717, 1.165) is 5.39 Å². The summed E-state index contributed by atoms with van der Waals surface area (Å²) in [6.07, 6.45) is -0.996. The number of nitrogens with zero attached hydrogens (tertiary/aromatic N) is 1. The molecule has 0 saturated carbocycles. The van der Waals surface area contributed by atoms with Gasteiger partial charge in [0.25, 0.3) is 5.91 Å². The molecule has 2 atom stereocenters. The summed E-state index contributed by atoms with van der Waals surface area (Å²) < 4.78 is 29.9. The molecule has 1 saturated heterocycles. The Morgan fingerprint density at radius 2 is 2.04 bits per heavy atom. The standard InChI is InChI=1S/C21H20FNO5/c1-26-19-11-14(22)6-7-18(19)28-17-8-9-23(12-15(17)24)21(25)20-10-13-4-2-3-5-16(13)27-20/h2-7,10-11,15,17,24H,8-9,12H2,1H3/t15-,17-/m1/s1. The second-order valence-corrected chi connectivity index (χ2v) is 6.71. The SMILES string of the molecule is COc1cc(F)ccc1O[C@@H]1CCN(C(=O)c2cc3ccccc3o2)C[C@H]1O. The molecule has 2 aromatic carbocycles. The van der Waals surface area contributed by atoms with Crippen molar-refractivity contribution >= 4 is 16.9 Å². The molecule has 0 unspecified atom stereocenters. The van der Waals surface area contributed by atoms with Crippen molar-refractivity contribution in [2.45, 2.75) is 18.6 Å².